The number of nitrogens with zero attached hydrogens (tertiary/aromatic N) is 1. The summed E-state index contributed by atoms with van der Waals surface area (Å²) in [5.74, 6) is 0.0321. The van der Waals surface area contributed by atoms with E-state index in [2.05, 4.69) is 15.7 Å². The average molecular weight is 252 g/mol. The number of thiazole rings is 1. The molecule has 0 saturated heterocycles. The fourth-order valence-electron chi connectivity index (χ4n) is 1.33. The van der Waals surface area contributed by atoms with Crippen LogP contribution >= 0.6 is 22.7 Å². The van der Waals surface area contributed by atoms with Crippen LogP contribution in [0.1, 0.15) is 12.6 Å². The molecule has 16 heavy (non-hydrogen) atoms. The lowest BCUT2D eigenvalue weighted by molar-refractivity contribution is -0.120. The number of thiophene rings is 1. The summed E-state index contributed by atoms with van der Waals surface area (Å²) in [6.45, 7) is 2.58. The second-order valence-corrected chi connectivity index (χ2v) is 4.92. The minimum absolute atomic E-state index is 0.0321. The monoisotopic (exact) mass is 252 g/mol. The molecule has 2 aromatic rings. The minimum Gasteiger partial charge on any atom is -0.356 e. The van der Waals surface area contributed by atoms with Crippen molar-refractivity contribution in [2.45, 2.75) is 13.3 Å². The number of aromatic nitrogens is 1. The van der Waals surface area contributed by atoms with Crippen molar-refractivity contribution in [2.24, 2.45) is 0 Å². The smallest absolute Gasteiger partial charge is 0.226 e. The second-order valence-electron chi connectivity index (χ2n) is 3.29. The van der Waals surface area contributed by atoms with E-state index in [0.29, 0.717) is 13.0 Å². The lowest BCUT2D eigenvalue weighted by Crippen LogP contribution is -2.24. The zero-order valence-corrected chi connectivity index (χ0v) is 10.5. The summed E-state index contributed by atoms with van der Waals surface area (Å²) in [5.41, 5.74) is 1.98. The Balaban J connectivity index is 2.06. The summed E-state index contributed by atoms with van der Waals surface area (Å²) in [7, 11) is 0. The topological polar surface area (TPSA) is 42.0 Å². The van der Waals surface area contributed by atoms with Crippen molar-refractivity contribution in [2.75, 3.05) is 6.54 Å². The molecule has 1 amide bonds. The summed E-state index contributed by atoms with van der Waals surface area (Å²) < 4.78 is 0. The van der Waals surface area contributed by atoms with Crippen LogP contribution in [0.4, 0.5) is 0 Å². The first-order chi connectivity index (χ1) is 7.79. The molecule has 3 nitrogen and oxygen atoms in total. The summed E-state index contributed by atoms with van der Waals surface area (Å²) in [4.78, 5) is 15.8. The number of likely N-dealkylation sites (N-methyl/N-ethyl adjacent to an activating group) is 1. The molecular formula is C11H12N2OS2. The third kappa shape index (κ3) is 2.68. The highest BCUT2D eigenvalue weighted by atomic mass is 32.1. The summed E-state index contributed by atoms with van der Waals surface area (Å²) in [6, 6.07) is 2.04. The molecule has 0 fully saturated rings. The van der Waals surface area contributed by atoms with Gasteiger partial charge in [0, 0.05) is 22.9 Å². The molecule has 0 atom stereocenters. The van der Waals surface area contributed by atoms with E-state index < -0.39 is 0 Å². The zero-order chi connectivity index (χ0) is 11.4. The molecule has 0 unspecified atom stereocenters. The third-order valence-electron chi connectivity index (χ3n) is 2.04. The molecule has 2 rings (SSSR count). The van der Waals surface area contributed by atoms with Crippen LogP contribution in [0, 0.1) is 0 Å². The molecule has 5 heteroatoms. The Morgan fingerprint density at radius 1 is 1.50 bits per heavy atom. The number of hydrogen-bond acceptors (Lipinski definition) is 4. The molecule has 0 aromatic carbocycles. The van der Waals surface area contributed by atoms with Crippen LogP contribution in [0.15, 0.2) is 22.2 Å². The van der Waals surface area contributed by atoms with E-state index in [-0.39, 0.29) is 5.91 Å². The fourth-order valence-corrected chi connectivity index (χ4v) is 2.86. The van der Waals surface area contributed by atoms with Crippen LogP contribution in [0.3, 0.4) is 0 Å². The van der Waals surface area contributed by atoms with Gasteiger partial charge in [-0.1, -0.05) is 0 Å². The minimum atomic E-state index is 0.0321. The Hall–Kier alpha value is -1.20. The number of carbonyl (C=O) groups excluding carboxylic acids is 1. The van der Waals surface area contributed by atoms with Crippen LogP contribution in [-0.2, 0) is 11.2 Å². The van der Waals surface area contributed by atoms with Gasteiger partial charge in [0.2, 0.25) is 5.91 Å². The highest BCUT2D eigenvalue weighted by Crippen LogP contribution is 2.25. The van der Waals surface area contributed by atoms with Crippen molar-refractivity contribution in [1.82, 2.24) is 10.3 Å². The maximum atomic E-state index is 11.4. The first kappa shape index (κ1) is 11.3. The maximum Gasteiger partial charge on any atom is 0.226 e. The van der Waals surface area contributed by atoms with Gasteiger partial charge in [0.25, 0.3) is 0 Å². The molecule has 2 heterocycles. The van der Waals surface area contributed by atoms with E-state index in [9.17, 15) is 4.79 Å². The van der Waals surface area contributed by atoms with E-state index in [4.69, 9.17) is 0 Å². The van der Waals surface area contributed by atoms with E-state index in [1.54, 1.807) is 22.7 Å². The molecule has 0 radical (unpaired) electrons. The molecule has 0 spiro atoms. The largest absolute Gasteiger partial charge is 0.356 e. The van der Waals surface area contributed by atoms with Gasteiger partial charge in [-0.05, 0) is 18.4 Å². The Kier molecular flexibility index (Phi) is 3.69. The van der Waals surface area contributed by atoms with E-state index in [0.717, 1.165) is 16.3 Å². The Morgan fingerprint density at radius 2 is 2.38 bits per heavy atom. The van der Waals surface area contributed by atoms with Crippen molar-refractivity contribution in [3.63, 3.8) is 0 Å². The Bertz CT molecular complexity index is 462. The molecule has 0 aliphatic rings. The Labute approximate surface area is 102 Å². The third-order valence-corrected chi connectivity index (χ3v) is 3.66. The van der Waals surface area contributed by atoms with Gasteiger partial charge in [-0.25, -0.2) is 4.98 Å². The molecule has 2 aromatic heterocycles. The van der Waals surface area contributed by atoms with Crippen LogP contribution in [0.2, 0.25) is 0 Å². The number of nitrogens with one attached hydrogen (secondary N) is 1. The maximum absolute atomic E-state index is 11.4. The highest BCUT2D eigenvalue weighted by molar-refractivity contribution is 7.14. The van der Waals surface area contributed by atoms with Crippen molar-refractivity contribution in [1.29, 1.82) is 0 Å². The predicted octanol–water partition coefficient (Wildman–Crippen LogP) is 2.55. The van der Waals surface area contributed by atoms with E-state index in [1.807, 2.05) is 23.8 Å². The normalized spacial score (nSPS) is 10.3. The highest BCUT2D eigenvalue weighted by Gasteiger charge is 2.08. The van der Waals surface area contributed by atoms with E-state index in [1.165, 1.54) is 0 Å². The summed E-state index contributed by atoms with van der Waals surface area (Å²) >= 11 is 3.24. The molecule has 0 saturated carbocycles. The molecule has 0 bridgehead atoms. The molecule has 1 N–H and O–H groups in total. The van der Waals surface area contributed by atoms with Crippen molar-refractivity contribution < 1.29 is 4.79 Å². The van der Waals surface area contributed by atoms with Gasteiger partial charge >= 0.3 is 0 Å². The van der Waals surface area contributed by atoms with Gasteiger partial charge in [0.15, 0.2) is 0 Å². The van der Waals surface area contributed by atoms with Crippen molar-refractivity contribution in [3.8, 4) is 10.6 Å². The second kappa shape index (κ2) is 5.23. The Morgan fingerprint density at radius 3 is 3.06 bits per heavy atom. The summed E-state index contributed by atoms with van der Waals surface area (Å²) in [5, 5.41) is 9.79. The molecular weight excluding hydrogens is 240 g/mol. The van der Waals surface area contributed by atoms with Crippen LogP contribution in [-0.4, -0.2) is 17.4 Å². The number of hydrogen-bond donors (Lipinski definition) is 1. The quantitative estimate of drug-likeness (QED) is 0.908. The average Bonchev–Trinajstić information content (AvgIpc) is 2.86. The van der Waals surface area contributed by atoms with E-state index >= 15 is 0 Å². The van der Waals surface area contributed by atoms with Crippen molar-refractivity contribution >= 4 is 28.6 Å². The molecule has 0 aliphatic carbocycles. The number of rotatable bonds is 4. The van der Waals surface area contributed by atoms with Crippen LogP contribution in [0.5, 0.6) is 0 Å². The van der Waals surface area contributed by atoms with Gasteiger partial charge < -0.3 is 5.32 Å². The van der Waals surface area contributed by atoms with Gasteiger partial charge in [0.1, 0.15) is 5.01 Å². The van der Waals surface area contributed by atoms with Gasteiger partial charge in [-0.15, -0.1) is 11.3 Å². The van der Waals surface area contributed by atoms with Gasteiger partial charge in [-0.2, -0.15) is 11.3 Å². The van der Waals surface area contributed by atoms with Crippen molar-refractivity contribution in [3.05, 3.63) is 27.9 Å². The zero-order valence-electron chi connectivity index (χ0n) is 8.90. The first-order valence-electron chi connectivity index (χ1n) is 5.03. The predicted molar refractivity (Wildman–Crippen MR) is 67.8 cm³/mol. The van der Waals surface area contributed by atoms with Crippen LogP contribution < -0.4 is 5.32 Å². The standard InChI is InChI=1S/C11H12N2OS2/c1-2-12-10(14)5-9-7-16-11(13-9)8-3-4-15-6-8/h3-4,6-7H,2,5H2,1H3,(H,12,14). The lowest BCUT2D eigenvalue weighted by atomic mass is 10.3. The number of amides is 1. The number of carbonyl (C=O) groups is 1. The fraction of sp³-hybridized carbons (Fsp3) is 0.273. The van der Waals surface area contributed by atoms with Gasteiger partial charge in [0.05, 0.1) is 12.1 Å². The van der Waals surface area contributed by atoms with Crippen LogP contribution in [0.25, 0.3) is 10.6 Å². The molecule has 0 aliphatic heterocycles. The van der Waals surface area contributed by atoms with Gasteiger partial charge in [-0.3, -0.25) is 4.79 Å². The molecule has 84 valence electrons. The summed E-state index contributed by atoms with van der Waals surface area (Å²) in [6.07, 6.45) is 0.370. The lowest BCUT2D eigenvalue weighted by Gasteiger charge is -1.98. The SMILES string of the molecule is CCNC(=O)Cc1csc(-c2ccsc2)n1. The first-order valence-corrected chi connectivity index (χ1v) is 6.85.